The summed E-state index contributed by atoms with van der Waals surface area (Å²) in [5.74, 6) is -0.181. The molecular formula is C12H17ClN2O. The number of carbonyl (C=O) groups excluding carboxylic acids is 1. The van der Waals surface area contributed by atoms with Crippen molar-refractivity contribution in [1.82, 2.24) is 5.32 Å². The largest absolute Gasteiger partial charge is 0.336 e. The molecule has 1 amide bonds. The minimum Gasteiger partial charge on any atom is -0.336 e. The van der Waals surface area contributed by atoms with Crippen LogP contribution in [-0.4, -0.2) is 12.1 Å². The second kappa shape index (κ2) is 4.85. The summed E-state index contributed by atoms with van der Waals surface area (Å²) in [6.45, 7) is 5.92. The van der Waals surface area contributed by atoms with E-state index in [-0.39, 0.29) is 17.5 Å². The van der Waals surface area contributed by atoms with Gasteiger partial charge in [-0.3, -0.25) is 4.79 Å². The molecule has 0 saturated heterocycles. The highest BCUT2D eigenvalue weighted by Crippen LogP contribution is 2.16. The molecule has 3 nitrogen and oxygen atoms in total. The summed E-state index contributed by atoms with van der Waals surface area (Å²) in [7, 11) is 0. The van der Waals surface area contributed by atoms with Gasteiger partial charge in [-0.25, -0.2) is 0 Å². The summed E-state index contributed by atoms with van der Waals surface area (Å²) in [6.07, 6.45) is -0.379. The average Bonchev–Trinajstić information content (AvgIpc) is 2.17. The van der Waals surface area contributed by atoms with Gasteiger partial charge in [-0.1, -0.05) is 32.4 Å². The molecule has 0 aliphatic carbocycles. The first-order valence-corrected chi connectivity index (χ1v) is 5.50. The van der Waals surface area contributed by atoms with Gasteiger partial charge in [0.2, 0.25) is 0 Å². The summed E-state index contributed by atoms with van der Waals surface area (Å²) in [5, 5.41) is 3.36. The predicted molar refractivity (Wildman–Crippen MR) is 66.3 cm³/mol. The van der Waals surface area contributed by atoms with E-state index in [9.17, 15) is 4.79 Å². The predicted octanol–water partition coefficient (Wildman–Crippen LogP) is 2.40. The molecule has 0 aliphatic rings. The molecule has 1 aromatic rings. The lowest BCUT2D eigenvalue weighted by Gasteiger charge is -2.27. The number of amides is 1. The number of hydrogen-bond donors (Lipinski definition) is 2. The lowest BCUT2D eigenvalue weighted by atomic mass is 9.92. The molecule has 0 aliphatic heterocycles. The quantitative estimate of drug-likeness (QED) is 0.780. The molecule has 0 heterocycles. The number of nitrogens with one attached hydrogen (secondary N) is 1. The molecule has 4 heteroatoms. The van der Waals surface area contributed by atoms with Crippen molar-refractivity contribution in [3.05, 3.63) is 34.9 Å². The van der Waals surface area contributed by atoms with E-state index in [1.807, 2.05) is 20.8 Å². The number of carbonyl (C=O) groups is 1. The van der Waals surface area contributed by atoms with Crippen LogP contribution >= 0.6 is 11.6 Å². The van der Waals surface area contributed by atoms with E-state index >= 15 is 0 Å². The van der Waals surface area contributed by atoms with Gasteiger partial charge < -0.3 is 11.1 Å². The molecule has 1 unspecified atom stereocenters. The first-order chi connectivity index (χ1) is 7.30. The standard InChI is InChI=1S/C12H17ClN2O/c1-12(2,3)11(14)15-10(16)8-4-6-9(13)7-5-8/h4-7,11H,14H2,1-3H3,(H,15,16). The van der Waals surface area contributed by atoms with E-state index in [1.165, 1.54) is 0 Å². The van der Waals surface area contributed by atoms with Gasteiger partial charge >= 0.3 is 0 Å². The van der Waals surface area contributed by atoms with Gasteiger partial charge in [-0.2, -0.15) is 0 Å². The Balaban J connectivity index is 2.70. The second-order valence-corrected chi connectivity index (χ2v) is 5.26. The zero-order valence-corrected chi connectivity index (χ0v) is 10.5. The molecule has 0 aromatic heterocycles. The van der Waals surface area contributed by atoms with Crippen LogP contribution in [-0.2, 0) is 0 Å². The van der Waals surface area contributed by atoms with Gasteiger partial charge in [0.1, 0.15) is 0 Å². The van der Waals surface area contributed by atoms with Crippen LogP contribution in [0.3, 0.4) is 0 Å². The van der Waals surface area contributed by atoms with Crippen LogP contribution < -0.4 is 11.1 Å². The Morgan fingerprint density at radius 2 is 1.81 bits per heavy atom. The van der Waals surface area contributed by atoms with Crippen LogP contribution in [0.5, 0.6) is 0 Å². The van der Waals surface area contributed by atoms with E-state index in [2.05, 4.69) is 5.32 Å². The SMILES string of the molecule is CC(C)(C)C(N)NC(=O)c1ccc(Cl)cc1. The molecular weight excluding hydrogens is 224 g/mol. The van der Waals surface area contributed by atoms with E-state index in [0.717, 1.165) is 0 Å². The van der Waals surface area contributed by atoms with Crippen molar-refractivity contribution in [2.75, 3.05) is 0 Å². The smallest absolute Gasteiger partial charge is 0.252 e. The molecule has 88 valence electrons. The molecule has 1 rings (SSSR count). The lowest BCUT2D eigenvalue weighted by molar-refractivity contribution is 0.0905. The number of benzene rings is 1. The molecule has 3 N–H and O–H groups in total. The third-order valence-electron chi connectivity index (χ3n) is 2.33. The van der Waals surface area contributed by atoms with Crippen molar-refractivity contribution in [1.29, 1.82) is 0 Å². The monoisotopic (exact) mass is 240 g/mol. The summed E-state index contributed by atoms with van der Waals surface area (Å²) in [5.41, 5.74) is 6.26. The summed E-state index contributed by atoms with van der Waals surface area (Å²) in [6, 6.07) is 6.71. The Morgan fingerprint density at radius 3 is 2.25 bits per heavy atom. The van der Waals surface area contributed by atoms with Crippen molar-refractivity contribution >= 4 is 17.5 Å². The first-order valence-electron chi connectivity index (χ1n) is 5.13. The molecule has 1 atom stereocenters. The van der Waals surface area contributed by atoms with Crippen LogP contribution in [0.1, 0.15) is 31.1 Å². The Labute approximate surface area is 101 Å². The maximum absolute atomic E-state index is 11.8. The Morgan fingerprint density at radius 1 is 1.31 bits per heavy atom. The van der Waals surface area contributed by atoms with Gasteiger partial charge in [0.15, 0.2) is 0 Å². The van der Waals surface area contributed by atoms with Gasteiger partial charge in [-0.05, 0) is 29.7 Å². The average molecular weight is 241 g/mol. The zero-order valence-electron chi connectivity index (χ0n) is 9.75. The van der Waals surface area contributed by atoms with Crippen molar-refractivity contribution < 1.29 is 4.79 Å². The van der Waals surface area contributed by atoms with Crippen molar-refractivity contribution in [2.24, 2.45) is 11.1 Å². The fourth-order valence-corrected chi connectivity index (χ4v) is 1.17. The van der Waals surface area contributed by atoms with Gasteiger partial charge in [0.25, 0.3) is 5.91 Å². The Hall–Kier alpha value is -1.06. The maximum atomic E-state index is 11.8. The van der Waals surface area contributed by atoms with Crippen LogP contribution in [0, 0.1) is 5.41 Å². The molecule has 1 aromatic carbocycles. The third-order valence-corrected chi connectivity index (χ3v) is 2.58. The van der Waals surface area contributed by atoms with Gasteiger partial charge in [-0.15, -0.1) is 0 Å². The highest BCUT2D eigenvalue weighted by molar-refractivity contribution is 6.30. The van der Waals surface area contributed by atoms with Gasteiger partial charge in [0, 0.05) is 10.6 Å². The van der Waals surface area contributed by atoms with Crippen LogP contribution in [0.4, 0.5) is 0 Å². The zero-order chi connectivity index (χ0) is 12.3. The number of hydrogen-bond acceptors (Lipinski definition) is 2. The minimum atomic E-state index is -0.379. The number of nitrogens with two attached hydrogens (primary N) is 1. The third kappa shape index (κ3) is 3.51. The number of halogens is 1. The summed E-state index contributed by atoms with van der Waals surface area (Å²) in [4.78, 5) is 11.8. The molecule has 16 heavy (non-hydrogen) atoms. The van der Waals surface area contributed by atoms with E-state index in [1.54, 1.807) is 24.3 Å². The summed E-state index contributed by atoms with van der Waals surface area (Å²) >= 11 is 5.74. The molecule has 0 radical (unpaired) electrons. The highest BCUT2D eigenvalue weighted by Gasteiger charge is 2.22. The fourth-order valence-electron chi connectivity index (χ4n) is 1.04. The first kappa shape index (κ1) is 13.0. The number of rotatable bonds is 2. The molecule has 0 bridgehead atoms. The maximum Gasteiger partial charge on any atom is 0.252 e. The van der Waals surface area contributed by atoms with Crippen LogP contribution in [0.25, 0.3) is 0 Å². The summed E-state index contributed by atoms with van der Waals surface area (Å²) < 4.78 is 0. The Kier molecular flexibility index (Phi) is 3.94. The minimum absolute atomic E-state index is 0.165. The molecule has 0 saturated carbocycles. The molecule has 0 fully saturated rings. The molecule has 0 spiro atoms. The van der Waals surface area contributed by atoms with Crippen LogP contribution in [0.15, 0.2) is 24.3 Å². The van der Waals surface area contributed by atoms with Crippen LogP contribution in [0.2, 0.25) is 5.02 Å². The second-order valence-electron chi connectivity index (χ2n) is 4.82. The van der Waals surface area contributed by atoms with Gasteiger partial charge in [0.05, 0.1) is 6.17 Å². The Bertz CT molecular complexity index is 368. The van der Waals surface area contributed by atoms with E-state index < -0.39 is 0 Å². The van der Waals surface area contributed by atoms with Crippen molar-refractivity contribution in [3.63, 3.8) is 0 Å². The van der Waals surface area contributed by atoms with Crippen molar-refractivity contribution in [2.45, 2.75) is 26.9 Å². The lowest BCUT2D eigenvalue weighted by Crippen LogP contribution is -2.50. The topological polar surface area (TPSA) is 55.1 Å². The van der Waals surface area contributed by atoms with Crippen molar-refractivity contribution in [3.8, 4) is 0 Å². The highest BCUT2D eigenvalue weighted by atomic mass is 35.5. The fraction of sp³-hybridized carbons (Fsp3) is 0.417. The normalized spacial score (nSPS) is 13.3. The van der Waals surface area contributed by atoms with E-state index in [0.29, 0.717) is 10.6 Å². The van der Waals surface area contributed by atoms with E-state index in [4.69, 9.17) is 17.3 Å².